The maximum Gasteiger partial charge on any atom is 0.0931 e. The van der Waals surface area contributed by atoms with Gasteiger partial charge in [0.15, 0.2) is 0 Å². The second kappa shape index (κ2) is 3.34. The predicted molar refractivity (Wildman–Crippen MR) is 52.1 cm³/mol. The lowest BCUT2D eigenvalue weighted by molar-refractivity contribution is 0.498. The maximum absolute atomic E-state index is 5.84. The fourth-order valence-corrected chi connectivity index (χ4v) is 2.35. The molecule has 1 saturated carbocycles. The molecule has 2 nitrogen and oxygen atoms in total. The van der Waals surface area contributed by atoms with Gasteiger partial charge in [0.25, 0.3) is 0 Å². The summed E-state index contributed by atoms with van der Waals surface area (Å²) in [6, 6.07) is 2.31. The first-order chi connectivity index (χ1) is 5.81. The molecule has 0 bridgehead atoms. The van der Waals surface area contributed by atoms with Crippen LogP contribution >= 0.6 is 22.9 Å². The number of halogens is 1. The molecule has 1 aliphatic carbocycles. The first-order valence-corrected chi connectivity index (χ1v) is 5.27. The highest BCUT2D eigenvalue weighted by Crippen LogP contribution is 2.41. The van der Waals surface area contributed by atoms with Crippen LogP contribution in [0.15, 0.2) is 11.4 Å². The van der Waals surface area contributed by atoms with Gasteiger partial charge in [-0.2, -0.15) is 0 Å². The zero-order valence-electron chi connectivity index (χ0n) is 6.59. The van der Waals surface area contributed by atoms with Gasteiger partial charge in [0.05, 0.1) is 4.34 Å². The number of nitrogens with two attached hydrogens (primary N) is 1. The van der Waals surface area contributed by atoms with Crippen LogP contribution in [-0.4, -0.2) is 0 Å². The number of hydrazine groups is 1. The number of hydrogen-bond acceptors (Lipinski definition) is 3. The summed E-state index contributed by atoms with van der Waals surface area (Å²) < 4.78 is 0.839. The first-order valence-electron chi connectivity index (χ1n) is 4.01. The van der Waals surface area contributed by atoms with E-state index < -0.39 is 0 Å². The van der Waals surface area contributed by atoms with Gasteiger partial charge < -0.3 is 0 Å². The van der Waals surface area contributed by atoms with Crippen LogP contribution in [0.1, 0.15) is 24.4 Å². The molecule has 1 atom stereocenters. The molecule has 4 heteroatoms. The van der Waals surface area contributed by atoms with Crippen molar-refractivity contribution in [3.05, 3.63) is 21.3 Å². The van der Waals surface area contributed by atoms with E-state index in [1.165, 1.54) is 18.4 Å². The summed E-state index contributed by atoms with van der Waals surface area (Å²) in [7, 11) is 0. The van der Waals surface area contributed by atoms with Crippen molar-refractivity contribution in [2.45, 2.75) is 18.9 Å². The van der Waals surface area contributed by atoms with E-state index in [0.29, 0.717) is 6.04 Å². The molecule has 0 radical (unpaired) electrons. The lowest BCUT2D eigenvalue weighted by atomic mass is 10.1. The molecule has 0 aliphatic heterocycles. The van der Waals surface area contributed by atoms with Crippen LogP contribution in [-0.2, 0) is 0 Å². The van der Waals surface area contributed by atoms with Gasteiger partial charge in [0.2, 0.25) is 0 Å². The highest BCUT2D eigenvalue weighted by Gasteiger charge is 2.31. The molecule has 2 rings (SSSR count). The smallest absolute Gasteiger partial charge is 0.0931 e. The molecule has 1 heterocycles. The SMILES string of the molecule is NNC(c1csc(Cl)c1)C1CC1. The molecule has 1 unspecified atom stereocenters. The molecule has 0 aromatic carbocycles. The van der Waals surface area contributed by atoms with Crippen molar-refractivity contribution in [2.24, 2.45) is 11.8 Å². The zero-order chi connectivity index (χ0) is 8.55. The van der Waals surface area contributed by atoms with Gasteiger partial charge in [0.1, 0.15) is 0 Å². The quantitative estimate of drug-likeness (QED) is 0.583. The van der Waals surface area contributed by atoms with Gasteiger partial charge >= 0.3 is 0 Å². The molecule has 0 saturated heterocycles. The van der Waals surface area contributed by atoms with Gasteiger partial charge in [-0.3, -0.25) is 11.3 Å². The van der Waals surface area contributed by atoms with Crippen LogP contribution in [0, 0.1) is 5.92 Å². The van der Waals surface area contributed by atoms with Crippen LogP contribution in [0.4, 0.5) is 0 Å². The number of thiophene rings is 1. The Labute approximate surface area is 80.7 Å². The molecule has 0 amide bonds. The van der Waals surface area contributed by atoms with Crippen LogP contribution in [0.5, 0.6) is 0 Å². The standard InChI is InChI=1S/C8H11ClN2S/c9-7-3-6(4-12-7)8(11-10)5-1-2-5/h3-5,8,11H,1-2,10H2. The van der Waals surface area contributed by atoms with Gasteiger partial charge in [-0.25, -0.2) is 0 Å². The largest absolute Gasteiger partial charge is 0.271 e. The van der Waals surface area contributed by atoms with Crippen molar-refractivity contribution in [2.75, 3.05) is 0 Å². The molecular formula is C8H11ClN2S. The van der Waals surface area contributed by atoms with Crippen LogP contribution in [0.25, 0.3) is 0 Å². The Balaban J connectivity index is 2.15. The Hall–Kier alpha value is -0.0900. The average Bonchev–Trinajstić information content (AvgIpc) is 2.78. The third-order valence-corrected chi connectivity index (χ3v) is 3.33. The summed E-state index contributed by atoms with van der Waals surface area (Å²) in [4.78, 5) is 0. The van der Waals surface area contributed by atoms with E-state index in [2.05, 4.69) is 10.8 Å². The van der Waals surface area contributed by atoms with Crippen molar-refractivity contribution in [1.82, 2.24) is 5.43 Å². The van der Waals surface area contributed by atoms with Gasteiger partial charge in [-0.05, 0) is 35.8 Å². The Morgan fingerprint density at radius 2 is 2.42 bits per heavy atom. The highest BCUT2D eigenvalue weighted by atomic mass is 35.5. The Kier molecular flexibility index (Phi) is 2.37. The molecule has 0 spiro atoms. The summed E-state index contributed by atoms with van der Waals surface area (Å²) in [5.41, 5.74) is 4.07. The topological polar surface area (TPSA) is 38.0 Å². The molecular weight excluding hydrogens is 192 g/mol. The van der Waals surface area contributed by atoms with E-state index in [0.717, 1.165) is 10.3 Å². The lowest BCUT2D eigenvalue weighted by Gasteiger charge is -2.12. The molecule has 1 aromatic rings. The Morgan fingerprint density at radius 3 is 2.83 bits per heavy atom. The number of nitrogens with one attached hydrogen (secondary N) is 1. The molecule has 1 aromatic heterocycles. The van der Waals surface area contributed by atoms with Crippen molar-refractivity contribution < 1.29 is 0 Å². The average molecular weight is 203 g/mol. The normalized spacial score (nSPS) is 19.5. The second-order valence-electron chi connectivity index (χ2n) is 3.17. The van der Waals surface area contributed by atoms with E-state index >= 15 is 0 Å². The molecule has 3 N–H and O–H groups in total. The summed E-state index contributed by atoms with van der Waals surface area (Å²) in [5.74, 6) is 6.19. The van der Waals surface area contributed by atoms with E-state index in [-0.39, 0.29) is 0 Å². The summed E-state index contributed by atoms with van der Waals surface area (Å²) in [5, 5.41) is 2.07. The highest BCUT2D eigenvalue weighted by molar-refractivity contribution is 7.14. The van der Waals surface area contributed by atoms with Gasteiger partial charge in [-0.1, -0.05) is 11.6 Å². The van der Waals surface area contributed by atoms with Crippen LogP contribution in [0.2, 0.25) is 4.34 Å². The van der Waals surface area contributed by atoms with Crippen molar-refractivity contribution in [3.63, 3.8) is 0 Å². The van der Waals surface area contributed by atoms with Crippen molar-refractivity contribution >= 4 is 22.9 Å². The first kappa shape index (κ1) is 8.51. The van der Waals surface area contributed by atoms with Crippen molar-refractivity contribution in [3.8, 4) is 0 Å². The maximum atomic E-state index is 5.84. The fraction of sp³-hybridized carbons (Fsp3) is 0.500. The third kappa shape index (κ3) is 1.64. The lowest BCUT2D eigenvalue weighted by Crippen LogP contribution is -2.29. The number of hydrogen-bond donors (Lipinski definition) is 2. The minimum absolute atomic E-state index is 0.314. The number of rotatable bonds is 3. The second-order valence-corrected chi connectivity index (χ2v) is 4.71. The molecule has 12 heavy (non-hydrogen) atoms. The zero-order valence-corrected chi connectivity index (χ0v) is 8.16. The minimum Gasteiger partial charge on any atom is -0.271 e. The monoisotopic (exact) mass is 202 g/mol. The minimum atomic E-state index is 0.314. The van der Waals surface area contributed by atoms with E-state index in [1.54, 1.807) is 11.3 Å². The molecule has 66 valence electrons. The summed E-state index contributed by atoms with van der Waals surface area (Å²) >= 11 is 7.40. The van der Waals surface area contributed by atoms with E-state index in [1.807, 2.05) is 6.07 Å². The van der Waals surface area contributed by atoms with Gasteiger partial charge in [0, 0.05) is 6.04 Å². The molecule has 1 aliphatic rings. The summed E-state index contributed by atoms with van der Waals surface area (Å²) in [6.45, 7) is 0. The summed E-state index contributed by atoms with van der Waals surface area (Å²) in [6.07, 6.45) is 2.56. The third-order valence-electron chi connectivity index (χ3n) is 2.22. The van der Waals surface area contributed by atoms with Crippen molar-refractivity contribution in [1.29, 1.82) is 0 Å². The Morgan fingerprint density at radius 1 is 1.67 bits per heavy atom. The van der Waals surface area contributed by atoms with Gasteiger partial charge in [-0.15, -0.1) is 11.3 Å². The fourth-order valence-electron chi connectivity index (χ4n) is 1.42. The van der Waals surface area contributed by atoms with E-state index in [9.17, 15) is 0 Å². The Bertz CT molecular complexity index is 270. The van der Waals surface area contributed by atoms with Crippen LogP contribution in [0.3, 0.4) is 0 Å². The van der Waals surface area contributed by atoms with E-state index in [4.69, 9.17) is 17.4 Å². The predicted octanol–water partition coefficient (Wildman–Crippen LogP) is 2.32. The van der Waals surface area contributed by atoms with Crippen LogP contribution < -0.4 is 11.3 Å². The molecule has 1 fully saturated rings.